The SMILES string of the molecule is CCOc1ccc(Cl)cc1. The van der Waals surface area contributed by atoms with Crippen LogP contribution >= 0.6 is 11.6 Å². The van der Waals surface area contributed by atoms with E-state index < -0.39 is 0 Å². The average molecular weight is 157 g/mol. The number of ether oxygens (including phenoxy) is 1. The first-order valence-electron chi connectivity index (χ1n) is 3.21. The highest BCUT2D eigenvalue weighted by atomic mass is 35.5. The summed E-state index contributed by atoms with van der Waals surface area (Å²) in [6.45, 7) is 2.65. The second kappa shape index (κ2) is 3.47. The van der Waals surface area contributed by atoms with Crippen LogP contribution in [0.15, 0.2) is 24.3 Å². The van der Waals surface area contributed by atoms with Gasteiger partial charge in [-0.3, -0.25) is 0 Å². The highest BCUT2D eigenvalue weighted by Gasteiger charge is 1.89. The van der Waals surface area contributed by atoms with E-state index >= 15 is 0 Å². The monoisotopic (exact) mass is 156 g/mol. The topological polar surface area (TPSA) is 9.23 Å². The molecule has 2 heteroatoms. The van der Waals surface area contributed by atoms with E-state index in [1.165, 1.54) is 0 Å². The van der Waals surface area contributed by atoms with Crippen LogP contribution in [-0.4, -0.2) is 6.61 Å². The normalized spacial score (nSPS) is 9.40. The summed E-state index contributed by atoms with van der Waals surface area (Å²) in [6.07, 6.45) is 0. The predicted octanol–water partition coefficient (Wildman–Crippen LogP) is 2.74. The fourth-order valence-corrected chi connectivity index (χ4v) is 0.823. The zero-order chi connectivity index (χ0) is 7.40. The van der Waals surface area contributed by atoms with Crippen molar-refractivity contribution in [1.82, 2.24) is 0 Å². The van der Waals surface area contributed by atoms with Crippen molar-refractivity contribution in [1.29, 1.82) is 0 Å². The third-order valence-corrected chi connectivity index (χ3v) is 1.38. The van der Waals surface area contributed by atoms with E-state index in [-0.39, 0.29) is 0 Å². The summed E-state index contributed by atoms with van der Waals surface area (Å²) in [5, 5.41) is 0.739. The Hall–Kier alpha value is -0.690. The zero-order valence-electron chi connectivity index (χ0n) is 5.80. The van der Waals surface area contributed by atoms with E-state index in [1.807, 2.05) is 31.2 Å². The smallest absolute Gasteiger partial charge is 0.119 e. The molecule has 0 aliphatic heterocycles. The molecule has 0 aliphatic rings. The molecule has 0 amide bonds. The van der Waals surface area contributed by atoms with E-state index in [2.05, 4.69) is 0 Å². The molecule has 1 aromatic rings. The van der Waals surface area contributed by atoms with Gasteiger partial charge in [0, 0.05) is 5.02 Å². The van der Waals surface area contributed by atoms with Gasteiger partial charge in [-0.25, -0.2) is 0 Å². The molecule has 0 atom stereocenters. The molecule has 0 N–H and O–H groups in total. The minimum Gasteiger partial charge on any atom is -0.494 e. The summed E-state index contributed by atoms with van der Waals surface area (Å²) in [4.78, 5) is 0. The largest absolute Gasteiger partial charge is 0.494 e. The Kier molecular flexibility index (Phi) is 2.57. The molecular formula is C8H9ClO. The van der Waals surface area contributed by atoms with E-state index in [9.17, 15) is 0 Å². The summed E-state index contributed by atoms with van der Waals surface area (Å²) < 4.78 is 5.20. The molecule has 0 saturated heterocycles. The standard InChI is InChI=1S/C8H9ClO/c1-2-10-8-5-3-7(9)4-6-8/h3-6H,2H2,1H3. The quantitative estimate of drug-likeness (QED) is 0.640. The summed E-state index contributed by atoms with van der Waals surface area (Å²) in [5.74, 6) is 0.868. The van der Waals surface area contributed by atoms with Gasteiger partial charge in [0.05, 0.1) is 6.61 Å². The highest BCUT2D eigenvalue weighted by Crippen LogP contribution is 2.14. The van der Waals surface area contributed by atoms with Crippen molar-refractivity contribution in [2.24, 2.45) is 0 Å². The molecule has 0 bridgehead atoms. The van der Waals surface area contributed by atoms with E-state index in [4.69, 9.17) is 16.3 Å². The van der Waals surface area contributed by atoms with Crippen molar-refractivity contribution in [2.45, 2.75) is 6.92 Å². The molecule has 10 heavy (non-hydrogen) atoms. The first-order chi connectivity index (χ1) is 4.83. The Morgan fingerprint density at radius 1 is 1.30 bits per heavy atom. The van der Waals surface area contributed by atoms with Crippen molar-refractivity contribution in [3.05, 3.63) is 29.3 Å². The fraction of sp³-hybridized carbons (Fsp3) is 0.250. The summed E-state index contributed by atoms with van der Waals surface area (Å²) in [5.41, 5.74) is 0. The Morgan fingerprint density at radius 3 is 2.40 bits per heavy atom. The minimum absolute atomic E-state index is 0.696. The lowest BCUT2D eigenvalue weighted by molar-refractivity contribution is 0.340. The first kappa shape index (κ1) is 7.42. The molecule has 0 saturated carbocycles. The van der Waals surface area contributed by atoms with Crippen LogP contribution in [-0.2, 0) is 0 Å². The molecule has 0 heterocycles. The van der Waals surface area contributed by atoms with Gasteiger partial charge in [0.15, 0.2) is 0 Å². The van der Waals surface area contributed by atoms with E-state index in [0.717, 1.165) is 10.8 Å². The van der Waals surface area contributed by atoms with Crippen LogP contribution in [0.1, 0.15) is 6.92 Å². The van der Waals surface area contributed by atoms with Crippen molar-refractivity contribution in [2.75, 3.05) is 6.61 Å². The highest BCUT2D eigenvalue weighted by molar-refractivity contribution is 6.30. The first-order valence-corrected chi connectivity index (χ1v) is 3.59. The molecule has 0 spiro atoms. The van der Waals surface area contributed by atoms with Gasteiger partial charge in [0.2, 0.25) is 0 Å². The number of hydrogen-bond acceptors (Lipinski definition) is 1. The molecule has 1 aromatic carbocycles. The van der Waals surface area contributed by atoms with Crippen LogP contribution in [0, 0.1) is 0 Å². The lowest BCUT2D eigenvalue weighted by Gasteiger charge is -2.00. The average Bonchev–Trinajstić information content (AvgIpc) is 1.95. The van der Waals surface area contributed by atoms with Crippen LogP contribution in [0.25, 0.3) is 0 Å². The van der Waals surface area contributed by atoms with E-state index in [1.54, 1.807) is 0 Å². The summed E-state index contributed by atoms with van der Waals surface area (Å²) in [6, 6.07) is 7.33. The van der Waals surface area contributed by atoms with Gasteiger partial charge in [-0.2, -0.15) is 0 Å². The summed E-state index contributed by atoms with van der Waals surface area (Å²) in [7, 11) is 0. The molecule has 0 aromatic heterocycles. The van der Waals surface area contributed by atoms with Crippen molar-refractivity contribution in [3.8, 4) is 5.75 Å². The van der Waals surface area contributed by atoms with Gasteiger partial charge in [0.25, 0.3) is 0 Å². The van der Waals surface area contributed by atoms with Crippen LogP contribution in [0.4, 0.5) is 0 Å². The maximum absolute atomic E-state index is 5.66. The van der Waals surface area contributed by atoms with Gasteiger partial charge in [0.1, 0.15) is 5.75 Å². The number of benzene rings is 1. The lowest BCUT2D eigenvalue weighted by Crippen LogP contribution is -1.89. The molecule has 0 fully saturated rings. The van der Waals surface area contributed by atoms with Crippen molar-refractivity contribution < 1.29 is 4.74 Å². The molecular weight excluding hydrogens is 148 g/mol. The Balaban J connectivity index is 2.69. The molecule has 1 nitrogen and oxygen atoms in total. The van der Waals surface area contributed by atoms with Gasteiger partial charge < -0.3 is 4.74 Å². The Bertz CT molecular complexity index is 193. The van der Waals surface area contributed by atoms with Gasteiger partial charge in [-0.15, -0.1) is 0 Å². The van der Waals surface area contributed by atoms with Gasteiger partial charge in [-0.05, 0) is 31.2 Å². The maximum Gasteiger partial charge on any atom is 0.119 e. The van der Waals surface area contributed by atoms with Crippen LogP contribution in [0.3, 0.4) is 0 Å². The van der Waals surface area contributed by atoms with Gasteiger partial charge >= 0.3 is 0 Å². The number of rotatable bonds is 2. The maximum atomic E-state index is 5.66. The third kappa shape index (κ3) is 1.92. The predicted molar refractivity (Wildman–Crippen MR) is 42.6 cm³/mol. The van der Waals surface area contributed by atoms with Crippen molar-refractivity contribution >= 4 is 11.6 Å². The van der Waals surface area contributed by atoms with Crippen LogP contribution < -0.4 is 4.74 Å². The summed E-state index contributed by atoms with van der Waals surface area (Å²) >= 11 is 5.66. The van der Waals surface area contributed by atoms with E-state index in [0.29, 0.717) is 6.61 Å². The molecule has 0 radical (unpaired) electrons. The van der Waals surface area contributed by atoms with Crippen molar-refractivity contribution in [3.63, 3.8) is 0 Å². The van der Waals surface area contributed by atoms with Crippen LogP contribution in [0.2, 0.25) is 5.02 Å². The second-order valence-corrected chi connectivity index (χ2v) is 2.32. The second-order valence-electron chi connectivity index (χ2n) is 1.89. The Labute approximate surface area is 65.6 Å². The fourth-order valence-electron chi connectivity index (χ4n) is 0.697. The molecule has 0 aliphatic carbocycles. The molecule has 54 valence electrons. The molecule has 1 rings (SSSR count). The zero-order valence-corrected chi connectivity index (χ0v) is 6.56. The minimum atomic E-state index is 0.696. The molecule has 0 unspecified atom stereocenters. The van der Waals surface area contributed by atoms with Crippen LogP contribution in [0.5, 0.6) is 5.75 Å². The third-order valence-electron chi connectivity index (χ3n) is 1.12. The van der Waals surface area contributed by atoms with Gasteiger partial charge in [-0.1, -0.05) is 11.6 Å². The Morgan fingerprint density at radius 2 is 1.90 bits per heavy atom. The number of halogens is 1. The number of hydrogen-bond donors (Lipinski definition) is 0. The lowest BCUT2D eigenvalue weighted by atomic mass is 10.3.